The van der Waals surface area contributed by atoms with Gasteiger partial charge in [0.2, 0.25) is 0 Å². The second kappa shape index (κ2) is 6.69. The topological polar surface area (TPSA) is 137 Å². The number of hydrogen-bond acceptors (Lipinski definition) is 8. The molecule has 0 aromatic heterocycles. The third-order valence-electron chi connectivity index (χ3n) is 7.45. The van der Waals surface area contributed by atoms with E-state index in [4.69, 9.17) is 14.6 Å². The van der Waals surface area contributed by atoms with Crippen molar-refractivity contribution in [2.45, 2.75) is 61.4 Å². The first-order valence-electron chi connectivity index (χ1n) is 10.5. The smallest absolute Gasteiger partial charge is 0.333 e. The molecule has 0 unspecified atom stereocenters. The van der Waals surface area contributed by atoms with Crippen LogP contribution in [0.5, 0.6) is 11.5 Å². The van der Waals surface area contributed by atoms with Gasteiger partial charge in [0, 0.05) is 18.0 Å². The number of aromatic hydroxyl groups is 1. The molecule has 2 bridgehead atoms. The van der Waals surface area contributed by atoms with Gasteiger partial charge in [0.25, 0.3) is 0 Å². The number of nitrogens with zero attached hydrogens (tertiary/aromatic N) is 1. The molecule has 4 N–H and O–H groups in total. The van der Waals surface area contributed by atoms with Crippen molar-refractivity contribution < 1.29 is 39.5 Å². The first kappa shape index (κ1) is 20.3. The molecule has 1 spiro atoms. The summed E-state index contributed by atoms with van der Waals surface area (Å²) in [6.45, 7) is 0.788. The van der Waals surface area contributed by atoms with E-state index in [2.05, 4.69) is 4.90 Å². The van der Waals surface area contributed by atoms with Crippen molar-refractivity contribution in [3.05, 3.63) is 35.1 Å². The molecular weight excluding hydrogens is 406 g/mol. The van der Waals surface area contributed by atoms with Crippen LogP contribution in [0.3, 0.4) is 0 Å². The Morgan fingerprint density at radius 2 is 2.16 bits per heavy atom. The molecule has 5 atom stereocenters. The van der Waals surface area contributed by atoms with Gasteiger partial charge in [0.05, 0.1) is 17.4 Å². The number of rotatable bonds is 4. The first-order valence-corrected chi connectivity index (χ1v) is 10.5. The highest BCUT2D eigenvalue weighted by atomic mass is 16.6. The van der Waals surface area contributed by atoms with E-state index < -0.39 is 41.6 Å². The molecule has 0 amide bonds. The number of phenols is 1. The fourth-order valence-corrected chi connectivity index (χ4v) is 6.11. The molecule has 2 heterocycles. The summed E-state index contributed by atoms with van der Waals surface area (Å²) in [5, 5.41) is 41.0. The van der Waals surface area contributed by atoms with Crippen LogP contribution in [0, 0.1) is 0 Å². The van der Waals surface area contributed by atoms with Gasteiger partial charge in [-0.05, 0) is 50.6 Å². The van der Waals surface area contributed by atoms with Gasteiger partial charge in [-0.15, -0.1) is 0 Å². The van der Waals surface area contributed by atoms with E-state index in [-0.39, 0.29) is 24.0 Å². The second-order valence-electron chi connectivity index (χ2n) is 8.99. The number of carbonyl (C=O) groups excluding carboxylic acids is 1. The maximum absolute atomic E-state index is 12.3. The van der Waals surface area contributed by atoms with Crippen molar-refractivity contribution in [3.8, 4) is 11.5 Å². The van der Waals surface area contributed by atoms with Gasteiger partial charge in [0.15, 0.2) is 23.7 Å². The van der Waals surface area contributed by atoms with Crippen molar-refractivity contribution in [3.63, 3.8) is 0 Å². The normalized spacial score (nSPS) is 34.1. The summed E-state index contributed by atoms with van der Waals surface area (Å²) < 4.78 is 11.7. The lowest BCUT2D eigenvalue weighted by molar-refractivity contribution is -0.157. The minimum atomic E-state index is -1.87. The first-order chi connectivity index (χ1) is 14.7. The molecule has 1 saturated heterocycles. The standard InChI is InChI=1S/C22H25NO8/c1-23-8-2-6-21-17-11-3-4-12(24)18(17)31-19(21)14(5-7-22(21,29)15(23)9-11)30-16(26)10-13(25)20(27)28/h3-5,13,15,19,24-25,29H,2,6-10H2,1H3,(H,27,28)/t13-,15+,19-,21-,22+/m0/s1. The van der Waals surface area contributed by atoms with Crippen LogP contribution in [0.15, 0.2) is 24.0 Å². The zero-order valence-corrected chi connectivity index (χ0v) is 17.1. The Morgan fingerprint density at radius 1 is 1.39 bits per heavy atom. The van der Waals surface area contributed by atoms with Crippen LogP contribution in [-0.2, 0) is 26.2 Å². The molecule has 1 aromatic rings. The Labute approximate surface area is 178 Å². The van der Waals surface area contributed by atoms with Crippen molar-refractivity contribution in [1.29, 1.82) is 0 Å². The predicted octanol–water partition coefficient (Wildman–Crippen LogP) is 0.439. The van der Waals surface area contributed by atoms with Crippen molar-refractivity contribution in [2.24, 2.45) is 0 Å². The molecule has 2 aliphatic heterocycles. The summed E-state index contributed by atoms with van der Waals surface area (Å²) in [5.41, 5.74) is -0.322. The largest absolute Gasteiger partial charge is 0.504 e. The van der Waals surface area contributed by atoms with E-state index >= 15 is 0 Å². The molecule has 2 aliphatic carbocycles. The summed E-state index contributed by atoms with van der Waals surface area (Å²) in [6, 6.07) is 3.27. The molecule has 0 saturated carbocycles. The third-order valence-corrected chi connectivity index (χ3v) is 7.45. The number of aliphatic carboxylic acids is 1. The highest BCUT2D eigenvalue weighted by molar-refractivity contribution is 5.81. The zero-order chi connectivity index (χ0) is 22.1. The molecular formula is C22H25NO8. The van der Waals surface area contributed by atoms with Crippen LogP contribution < -0.4 is 4.74 Å². The zero-order valence-electron chi connectivity index (χ0n) is 17.1. The van der Waals surface area contributed by atoms with Crippen molar-refractivity contribution in [2.75, 3.05) is 13.6 Å². The van der Waals surface area contributed by atoms with Crippen LogP contribution in [0.1, 0.15) is 36.8 Å². The molecule has 5 rings (SSSR count). The van der Waals surface area contributed by atoms with E-state index in [1.54, 1.807) is 12.1 Å². The van der Waals surface area contributed by atoms with Gasteiger partial charge in [-0.25, -0.2) is 4.79 Å². The molecule has 1 fully saturated rings. The van der Waals surface area contributed by atoms with Crippen molar-refractivity contribution in [1.82, 2.24) is 4.90 Å². The fourth-order valence-electron chi connectivity index (χ4n) is 6.11. The van der Waals surface area contributed by atoms with Gasteiger partial charge in [-0.1, -0.05) is 6.07 Å². The number of ether oxygens (including phenoxy) is 2. The summed E-state index contributed by atoms with van der Waals surface area (Å²) in [5.74, 6) is -1.96. The van der Waals surface area contributed by atoms with E-state index in [1.165, 1.54) is 0 Å². The summed E-state index contributed by atoms with van der Waals surface area (Å²) in [7, 11) is 1.99. The second-order valence-corrected chi connectivity index (χ2v) is 8.99. The SMILES string of the molecule is CN1CCC[C@]23c4c5ccc(O)c4O[C@H]2C(OC(=O)C[C@H](O)C(=O)O)=CC[C@@]3(O)[C@H]1C5. The molecule has 0 radical (unpaired) electrons. The lowest BCUT2D eigenvalue weighted by atomic mass is 9.52. The number of aliphatic hydroxyl groups excluding tert-OH is 1. The molecule has 1 aromatic carbocycles. The van der Waals surface area contributed by atoms with Crippen LogP contribution >= 0.6 is 0 Å². The third kappa shape index (κ3) is 2.60. The summed E-state index contributed by atoms with van der Waals surface area (Å²) in [6.07, 6.45) is 0.401. The lowest BCUT2D eigenvalue weighted by Gasteiger charge is -2.56. The van der Waals surface area contributed by atoms with E-state index in [0.717, 1.165) is 24.1 Å². The Hall–Kier alpha value is -2.62. The Bertz CT molecular complexity index is 1010. The average molecular weight is 431 g/mol. The van der Waals surface area contributed by atoms with Gasteiger partial charge >= 0.3 is 11.9 Å². The molecule has 9 nitrogen and oxygen atoms in total. The van der Waals surface area contributed by atoms with Gasteiger partial charge in [0.1, 0.15) is 5.76 Å². The monoisotopic (exact) mass is 431 g/mol. The number of benzene rings is 1. The molecule has 4 aliphatic rings. The minimum absolute atomic E-state index is 0.0343. The summed E-state index contributed by atoms with van der Waals surface area (Å²) >= 11 is 0. The van der Waals surface area contributed by atoms with Crippen molar-refractivity contribution >= 4 is 11.9 Å². The molecule has 9 heteroatoms. The number of carboxylic acid groups (broad SMARTS) is 1. The van der Waals surface area contributed by atoms with E-state index in [0.29, 0.717) is 18.6 Å². The lowest BCUT2D eigenvalue weighted by Crippen LogP contribution is -2.69. The van der Waals surface area contributed by atoms with E-state index in [1.807, 2.05) is 13.1 Å². The maximum Gasteiger partial charge on any atom is 0.333 e. The average Bonchev–Trinajstić information content (AvgIpc) is 3.05. The maximum atomic E-state index is 12.3. The van der Waals surface area contributed by atoms with Crippen LogP contribution in [0.25, 0.3) is 0 Å². The highest BCUT2D eigenvalue weighted by Crippen LogP contribution is 2.64. The number of likely N-dealkylation sites (N-methyl/N-ethyl adjacent to an activating group) is 1. The number of aliphatic hydroxyl groups is 2. The number of likely N-dealkylation sites (tertiary alicyclic amines) is 1. The minimum Gasteiger partial charge on any atom is -0.504 e. The highest BCUT2D eigenvalue weighted by Gasteiger charge is 2.71. The van der Waals surface area contributed by atoms with E-state index in [9.17, 15) is 24.9 Å². The Kier molecular flexibility index (Phi) is 4.38. The van der Waals surface area contributed by atoms with Gasteiger partial charge in [-0.3, -0.25) is 4.79 Å². The molecule has 31 heavy (non-hydrogen) atoms. The summed E-state index contributed by atoms with van der Waals surface area (Å²) in [4.78, 5) is 25.4. The Balaban J connectivity index is 1.60. The molecule has 166 valence electrons. The number of hydrogen-bond donors (Lipinski definition) is 4. The van der Waals surface area contributed by atoms with Crippen LogP contribution in [-0.4, -0.2) is 74.7 Å². The Morgan fingerprint density at radius 3 is 2.90 bits per heavy atom. The van der Waals surface area contributed by atoms with Gasteiger partial charge < -0.3 is 34.8 Å². The number of carbonyl (C=O) groups is 2. The fraction of sp³-hybridized carbons (Fsp3) is 0.545. The predicted molar refractivity (Wildman–Crippen MR) is 106 cm³/mol. The van der Waals surface area contributed by atoms with Gasteiger partial charge in [-0.2, -0.15) is 0 Å². The number of phenolic OH excluding ortho intramolecular Hbond substituents is 1. The number of carboxylic acids is 1. The van der Waals surface area contributed by atoms with Crippen LogP contribution in [0.2, 0.25) is 0 Å². The quantitative estimate of drug-likeness (QED) is 0.501. The number of esters is 1. The van der Waals surface area contributed by atoms with Crippen LogP contribution in [0.4, 0.5) is 0 Å².